The number of rotatable bonds is 9. The van der Waals surface area contributed by atoms with Crippen LogP contribution in [0.25, 0.3) is 0 Å². The highest BCUT2D eigenvalue weighted by atomic mass is 32.2. The van der Waals surface area contributed by atoms with E-state index in [2.05, 4.69) is 15.0 Å². The second-order valence-electron chi connectivity index (χ2n) is 6.56. The highest BCUT2D eigenvalue weighted by Gasteiger charge is 2.14. The molecule has 3 aromatic rings. The van der Waals surface area contributed by atoms with E-state index in [-0.39, 0.29) is 4.90 Å². The molecule has 0 bridgehead atoms. The van der Waals surface area contributed by atoms with E-state index in [0.717, 1.165) is 24.2 Å². The zero-order valence-corrected chi connectivity index (χ0v) is 17.4. The summed E-state index contributed by atoms with van der Waals surface area (Å²) in [4.78, 5) is 4.52. The zero-order valence-electron chi connectivity index (χ0n) is 16.6. The Kier molecular flexibility index (Phi) is 6.72. The van der Waals surface area contributed by atoms with Crippen LogP contribution in [0.5, 0.6) is 5.75 Å². The van der Waals surface area contributed by atoms with Gasteiger partial charge in [-0.1, -0.05) is 31.2 Å². The van der Waals surface area contributed by atoms with Gasteiger partial charge in [-0.3, -0.25) is 4.72 Å². The lowest BCUT2D eigenvalue weighted by atomic mass is 10.1. The number of hydrogen-bond acceptors (Lipinski definition) is 5. The Morgan fingerprint density at radius 3 is 2.21 bits per heavy atom. The van der Waals surface area contributed by atoms with Crippen LogP contribution in [0.1, 0.15) is 18.1 Å². The van der Waals surface area contributed by atoms with Crippen LogP contribution in [-0.2, 0) is 22.9 Å². The maximum Gasteiger partial charge on any atom is 0.261 e. The fourth-order valence-corrected chi connectivity index (χ4v) is 3.85. The first-order valence-electron chi connectivity index (χ1n) is 9.45. The molecule has 0 saturated carbocycles. The fourth-order valence-electron chi connectivity index (χ4n) is 2.80. The van der Waals surface area contributed by atoms with Crippen molar-refractivity contribution >= 4 is 21.5 Å². The maximum atomic E-state index is 12.5. The van der Waals surface area contributed by atoms with Crippen LogP contribution >= 0.6 is 0 Å². The SMILES string of the molecule is CCc1ccc(S(=O)(=O)Nc2ccc(NCCc3ccc(OC)cc3)nc2)cc1. The molecule has 29 heavy (non-hydrogen) atoms. The van der Waals surface area contributed by atoms with Crippen molar-refractivity contribution in [2.75, 3.05) is 23.7 Å². The molecule has 0 aliphatic rings. The molecular formula is C22H25N3O3S. The standard InChI is InChI=1S/C22H25N3O3S/c1-3-17-6-11-21(12-7-17)29(26,27)25-19-8-13-22(24-16-19)23-15-14-18-4-9-20(28-2)10-5-18/h4-13,16,25H,3,14-15H2,1-2H3,(H,23,24). The van der Waals surface area contributed by atoms with Gasteiger partial charge in [0.25, 0.3) is 10.0 Å². The van der Waals surface area contributed by atoms with Gasteiger partial charge >= 0.3 is 0 Å². The second kappa shape index (κ2) is 9.43. The Morgan fingerprint density at radius 2 is 1.62 bits per heavy atom. The second-order valence-corrected chi connectivity index (χ2v) is 8.24. The van der Waals surface area contributed by atoms with E-state index in [1.165, 1.54) is 11.8 Å². The van der Waals surface area contributed by atoms with E-state index in [0.29, 0.717) is 18.1 Å². The quantitative estimate of drug-likeness (QED) is 0.554. The summed E-state index contributed by atoms with van der Waals surface area (Å²) in [7, 11) is -1.98. The van der Waals surface area contributed by atoms with Crippen LogP contribution in [0.15, 0.2) is 71.8 Å². The third kappa shape index (κ3) is 5.71. The molecule has 3 rings (SSSR count). The lowest BCUT2D eigenvalue weighted by molar-refractivity contribution is 0.414. The molecule has 7 heteroatoms. The lowest BCUT2D eigenvalue weighted by Gasteiger charge is -2.10. The van der Waals surface area contributed by atoms with E-state index in [1.54, 1.807) is 31.4 Å². The highest BCUT2D eigenvalue weighted by Crippen LogP contribution is 2.18. The van der Waals surface area contributed by atoms with E-state index in [1.807, 2.05) is 43.3 Å². The van der Waals surface area contributed by atoms with Crippen molar-refractivity contribution in [3.8, 4) is 5.75 Å². The third-order valence-electron chi connectivity index (χ3n) is 4.54. The maximum absolute atomic E-state index is 12.5. The predicted octanol–water partition coefficient (Wildman–Crippen LogP) is 4.11. The van der Waals surface area contributed by atoms with E-state index in [9.17, 15) is 8.42 Å². The Hall–Kier alpha value is -3.06. The van der Waals surface area contributed by atoms with Crippen molar-refractivity contribution in [3.05, 3.63) is 78.0 Å². The van der Waals surface area contributed by atoms with Gasteiger partial charge in [0.05, 0.1) is 23.9 Å². The topological polar surface area (TPSA) is 80.3 Å². The molecule has 2 aromatic carbocycles. The van der Waals surface area contributed by atoms with E-state index >= 15 is 0 Å². The van der Waals surface area contributed by atoms with Crippen LogP contribution in [0.2, 0.25) is 0 Å². The lowest BCUT2D eigenvalue weighted by Crippen LogP contribution is -2.13. The molecule has 0 unspecified atom stereocenters. The Morgan fingerprint density at radius 1 is 0.931 bits per heavy atom. The average molecular weight is 412 g/mol. The van der Waals surface area contributed by atoms with Crippen LogP contribution in [0.3, 0.4) is 0 Å². The number of ether oxygens (including phenoxy) is 1. The number of aryl methyl sites for hydroxylation is 1. The third-order valence-corrected chi connectivity index (χ3v) is 5.93. The minimum absolute atomic E-state index is 0.233. The number of pyridine rings is 1. The van der Waals surface area contributed by atoms with Gasteiger partial charge in [0.1, 0.15) is 11.6 Å². The van der Waals surface area contributed by atoms with Crippen molar-refractivity contribution in [2.24, 2.45) is 0 Å². The molecule has 152 valence electrons. The Bertz CT molecular complexity index is 1020. The molecule has 0 fully saturated rings. The summed E-state index contributed by atoms with van der Waals surface area (Å²) < 4.78 is 32.7. The van der Waals surface area contributed by atoms with Crippen LogP contribution < -0.4 is 14.8 Å². The van der Waals surface area contributed by atoms with Gasteiger partial charge in [0.15, 0.2) is 0 Å². The molecule has 0 saturated heterocycles. The molecule has 1 heterocycles. The molecule has 2 N–H and O–H groups in total. The Labute approximate surface area is 172 Å². The summed E-state index contributed by atoms with van der Waals surface area (Å²) in [6, 6.07) is 18.2. The zero-order chi connectivity index (χ0) is 20.7. The summed E-state index contributed by atoms with van der Waals surface area (Å²) in [6.07, 6.45) is 3.21. The van der Waals surface area contributed by atoms with Gasteiger partial charge in [-0.25, -0.2) is 13.4 Å². The highest BCUT2D eigenvalue weighted by molar-refractivity contribution is 7.92. The molecule has 1 aromatic heterocycles. The monoisotopic (exact) mass is 411 g/mol. The summed E-state index contributed by atoms with van der Waals surface area (Å²) in [6.45, 7) is 2.74. The normalized spacial score (nSPS) is 11.1. The van der Waals surface area contributed by atoms with Crippen molar-refractivity contribution in [3.63, 3.8) is 0 Å². The van der Waals surface area contributed by atoms with Gasteiger partial charge in [-0.2, -0.15) is 0 Å². The van der Waals surface area contributed by atoms with Gasteiger partial charge in [-0.05, 0) is 60.4 Å². The van der Waals surface area contributed by atoms with Gasteiger partial charge < -0.3 is 10.1 Å². The van der Waals surface area contributed by atoms with Crippen molar-refractivity contribution in [1.82, 2.24) is 4.98 Å². The molecular weight excluding hydrogens is 386 g/mol. The van der Waals surface area contributed by atoms with Crippen molar-refractivity contribution in [2.45, 2.75) is 24.7 Å². The van der Waals surface area contributed by atoms with Gasteiger partial charge in [-0.15, -0.1) is 0 Å². The molecule has 0 amide bonds. The van der Waals surface area contributed by atoms with Gasteiger partial charge in [0.2, 0.25) is 0 Å². The number of sulfonamides is 1. The summed E-state index contributed by atoms with van der Waals surface area (Å²) in [5, 5.41) is 3.24. The average Bonchev–Trinajstić information content (AvgIpc) is 2.75. The number of benzene rings is 2. The first-order valence-corrected chi connectivity index (χ1v) is 10.9. The van der Waals surface area contributed by atoms with E-state index < -0.39 is 10.0 Å². The molecule has 0 spiro atoms. The van der Waals surface area contributed by atoms with E-state index in [4.69, 9.17) is 4.74 Å². The largest absolute Gasteiger partial charge is 0.497 e. The molecule has 0 aliphatic heterocycles. The minimum Gasteiger partial charge on any atom is -0.497 e. The van der Waals surface area contributed by atoms with Crippen LogP contribution in [-0.4, -0.2) is 27.1 Å². The fraction of sp³-hybridized carbons (Fsp3) is 0.227. The summed E-state index contributed by atoms with van der Waals surface area (Å²) >= 11 is 0. The number of hydrogen-bond donors (Lipinski definition) is 2. The molecule has 6 nitrogen and oxygen atoms in total. The smallest absolute Gasteiger partial charge is 0.261 e. The van der Waals surface area contributed by atoms with Gasteiger partial charge in [0, 0.05) is 6.54 Å². The van der Waals surface area contributed by atoms with Crippen LogP contribution in [0, 0.1) is 0 Å². The Balaban J connectivity index is 1.54. The number of nitrogens with one attached hydrogen (secondary N) is 2. The number of methoxy groups -OCH3 is 1. The first kappa shape index (κ1) is 20.7. The van der Waals surface area contributed by atoms with Crippen molar-refractivity contribution in [1.29, 1.82) is 0 Å². The number of anilines is 2. The number of aromatic nitrogens is 1. The predicted molar refractivity (Wildman–Crippen MR) is 116 cm³/mol. The molecule has 0 aliphatic carbocycles. The van der Waals surface area contributed by atoms with Crippen LogP contribution in [0.4, 0.5) is 11.5 Å². The minimum atomic E-state index is -3.63. The molecule has 0 radical (unpaired) electrons. The number of nitrogens with zero attached hydrogens (tertiary/aromatic N) is 1. The summed E-state index contributed by atoms with van der Waals surface area (Å²) in [5.41, 5.74) is 2.71. The molecule has 0 atom stereocenters. The first-order chi connectivity index (χ1) is 14.0. The van der Waals surface area contributed by atoms with Crippen molar-refractivity contribution < 1.29 is 13.2 Å². The summed E-state index contributed by atoms with van der Waals surface area (Å²) in [5.74, 6) is 1.52.